The number of sulfonamides is 1. The number of hydrogen-bond donors (Lipinski definition) is 2. The summed E-state index contributed by atoms with van der Waals surface area (Å²) in [7, 11) is -3.63. The molecule has 1 aromatic rings. The summed E-state index contributed by atoms with van der Waals surface area (Å²) >= 11 is 0. The number of aromatic nitrogens is 1. The van der Waals surface area contributed by atoms with Crippen LogP contribution in [0.4, 0.5) is 0 Å². The Kier molecular flexibility index (Phi) is 6.04. The minimum absolute atomic E-state index is 0.173. The van der Waals surface area contributed by atoms with E-state index in [1.165, 1.54) is 17.1 Å². The van der Waals surface area contributed by atoms with Gasteiger partial charge in [0.15, 0.2) is 0 Å². The fraction of sp³-hybridized carbons (Fsp3) is 0.722. The van der Waals surface area contributed by atoms with Crippen LogP contribution in [0, 0.1) is 13.8 Å². The first kappa shape index (κ1) is 19.4. The van der Waals surface area contributed by atoms with Crippen molar-refractivity contribution in [1.29, 1.82) is 0 Å². The van der Waals surface area contributed by atoms with Crippen molar-refractivity contribution in [2.24, 2.45) is 0 Å². The predicted octanol–water partition coefficient (Wildman–Crippen LogP) is 2.11. The molecular formula is C18H29N3O4S. The zero-order chi connectivity index (χ0) is 18.7. The van der Waals surface area contributed by atoms with Gasteiger partial charge in [-0.25, -0.2) is 8.42 Å². The van der Waals surface area contributed by atoms with Crippen molar-refractivity contribution in [3.63, 3.8) is 0 Å². The standard InChI is InChI=1S/C18H29N3O4S/c1-13-16(18(22)20-15-7-5-3-4-6-8-15)19-14(2)17(13)26(23,24)21-9-11-25-12-10-21/h15,19H,3-12H2,1-2H3,(H,20,22). The van der Waals surface area contributed by atoms with Gasteiger partial charge >= 0.3 is 0 Å². The number of aromatic amines is 1. The number of morpholine rings is 1. The molecule has 1 saturated heterocycles. The number of carbonyl (C=O) groups is 1. The third-order valence-corrected chi connectivity index (χ3v) is 7.53. The molecule has 2 heterocycles. The Morgan fingerprint density at radius 3 is 2.35 bits per heavy atom. The number of H-pyrrole nitrogens is 1. The first-order valence-electron chi connectivity index (χ1n) is 9.49. The molecule has 7 nitrogen and oxygen atoms in total. The van der Waals surface area contributed by atoms with Crippen LogP contribution in [0.1, 0.15) is 60.3 Å². The van der Waals surface area contributed by atoms with Crippen LogP contribution < -0.4 is 5.32 Å². The van der Waals surface area contributed by atoms with Crippen molar-refractivity contribution >= 4 is 15.9 Å². The fourth-order valence-corrected chi connectivity index (χ4v) is 5.76. The van der Waals surface area contributed by atoms with Gasteiger partial charge in [-0.1, -0.05) is 25.7 Å². The van der Waals surface area contributed by atoms with Gasteiger partial charge in [0.05, 0.1) is 13.2 Å². The predicted molar refractivity (Wildman–Crippen MR) is 98.8 cm³/mol. The number of hydrogen-bond acceptors (Lipinski definition) is 4. The van der Waals surface area contributed by atoms with E-state index in [0.29, 0.717) is 43.3 Å². The Morgan fingerprint density at radius 1 is 1.12 bits per heavy atom. The third kappa shape index (κ3) is 3.97. The second-order valence-corrected chi connectivity index (χ2v) is 9.13. The molecule has 3 rings (SSSR count). The molecule has 8 heteroatoms. The van der Waals surface area contributed by atoms with Crippen molar-refractivity contribution in [3.05, 3.63) is 17.0 Å². The molecule has 2 fully saturated rings. The average molecular weight is 384 g/mol. The molecule has 2 aliphatic rings. The van der Waals surface area contributed by atoms with Crippen LogP contribution >= 0.6 is 0 Å². The Morgan fingerprint density at radius 2 is 1.73 bits per heavy atom. The molecule has 26 heavy (non-hydrogen) atoms. The number of ether oxygens (including phenoxy) is 1. The normalized spacial score (nSPS) is 20.7. The molecule has 1 aliphatic heterocycles. The molecule has 1 amide bonds. The molecule has 0 bridgehead atoms. The van der Waals surface area contributed by atoms with Crippen LogP contribution in [0.15, 0.2) is 4.90 Å². The van der Waals surface area contributed by atoms with Crippen molar-refractivity contribution in [3.8, 4) is 0 Å². The van der Waals surface area contributed by atoms with Crippen LogP contribution in [0.3, 0.4) is 0 Å². The maximum atomic E-state index is 13.0. The zero-order valence-corrected chi connectivity index (χ0v) is 16.5. The lowest BCUT2D eigenvalue weighted by molar-refractivity contribution is 0.0730. The van der Waals surface area contributed by atoms with Gasteiger partial charge in [0.2, 0.25) is 10.0 Å². The van der Waals surface area contributed by atoms with Gasteiger partial charge < -0.3 is 15.0 Å². The average Bonchev–Trinajstić information content (AvgIpc) is 2.78. The summed E-state index contributed by atoms with van der Waals surface area (Å²) in [5.41, 5.74) is 1.37. The first-order valence-corrected chi connectivity index (χ1v) is 10.9. The van der Waals surface area contributed by atoms with E-state index in [1.807, 2.05) is 0 Å². The summed E-state index contributed by atoms with van der Waals surface area (Å²) in [5, 5.41) is 3.09. The molecule has 1 aromatic heterocycles. The number of nitrogens with one attached hydrogen (secondary N) is 2. The van der Waals surface area contributed by atoms with Crippen molar-refractivity contribution in [2.45, 2.75) is 63.3 Å². The molecule has 0 unspecified atom stereocenters. The van der Waals surface area contributed by atoms with Gasteiger partial charge in [0, 0.05) is 24.8 Å². The van der Waals surface area contributed by atoms with Crippen molar-refractivity contribution < 1.29 is 17.9 Å². The van der Waals surface area contributed by atoms with Crippen molar-refractivity contribution in [1.82, 2.24) is 14.6 Å². The summed E-state index contributed by atoms with van der Waals surface area (Å²) in [5.74, 6) is -0.207. The minimum atomic E-state index is -3.63. The van der Waals surface area contributed by atoms with Gasteiger partial charge in [-0.3, -0.25) is 4.79 Å². The van der Waals surface area contributed by atoms with E-state index in [2.05, 4.69) is 10.3 Å². The molecule has 0 spiro atoms. The van der Waals surface area contributed by atoms with E-state index in [-0.39, 0.29) is 16.8 Å². The zero-order valence-electron chi connectivity index (χ0n) is 15.6. The Balaban J connectivity index is 1.81. The number of amides is 1. The topological polar surface area (TPSA) is 91.5 Å². The highest BCUT2D eigenvalue weighted by Gasteiger charge is 2.33. The van der Waals surface area contributed by atoms with Gasteiger partial charge in [0.25, 0.3) is 5.91 Å². The van der Waals surface area contributed by atoms with Gasteiger partial charge in [-0.15, -0.1) is 0 Å². The smallest absolute Gasteiger partial charge is 0.268 e. The maximum absolute atomic E-state index is 13.0. The maximum Gasteiger partial charge on any atom is 0.268 e. The Hall–Kier alpha value is -1.38. The summed E-state index contributed by atoms with van der Waals surface area (Å²) in [6.45, 7) is 4.90. The molecule has 0 atom stereocenters. The van der Waals surface area contributed by atoms with Crippen LogP contribution in [-0.4, -0.2) is 56.0 Å². The highest BCUT2D eigenvalue weighted by molar-refractivity contribution is 7.89. The summed E-state index contributed by atoms with van der Waals surface area (Å²) in [6.07, 6.45) is 6.67. The third-order valence-electron chi connectivity index (χ3n) is 5.35. The minimum Gasteiger partial charge on any atom is -0.379 e. The molecule has 1 saturated carbocycles. The number of aryl methyl sites for hydroxylation is 1. The van der Waals surface area contributed by atoms with E-state index >= 15 is 0 Å². The van der Waals surface area contributed by atoms with Gasteiger partial charge in [0.1, 0.15) is 10.6 Å². The van der Waals surface area contributed by atoms with Gasteiger partial charge in [-0.05, 0) is 32.3 Å². The summed E-state index contributed by atoms with van der Waals surface area (Å²) in [4.78, 5) is 16.0. The lowest BCUT2D eigenvalue weighted by Gasteiger charge is -2.26. The quantitative estimate of drug-likeness (QED) is 0.779. The molecule has 0 aromatic carbocycles. The number of nitrogens with zero attached hydrogens (tertiary/aromatic N) is 1. The first-order chi connectivity index (χ1) is 12.4. The van der Waals surface area contributed by atoms with Crippen LogP contribution in [0.2, 0.25) is 0 Å². The molecule has 1 aliphatic carbocycles. The van der Waals surface area contributed by atoms with Crippen LogP contribution in [0.25, 0.3) is 0 Å². The number of carbonyl (C=O) groups excluding carboxylic acids is 1. The Bertz CT molecular complexity index is 743. The Labute approximate surface area is 155 Å². The monoisotopic (exact) mass is 383 g/mol. The molecular weight excluding hydrogens is 354 g/mol. The lowest BCUT2D eigenvalue weighted by atomic mass is 10.1. The largest absolute Gasteiger partial charge is 0.379 e. The van der Waals surface area contributed by atoms with E-state index in [0.717, 1.165) is 25.7 Å². The van der Waals surface area contributed by atoms with E-state index in [4.69, 9.17) is 4.74 Å². The number of rotatable bonds is 4. The molecule has 146 valence electrons. The second-order valence-electron chi connectivity index (χ2n) is 7.26. The van der Waals surface area contributed by atoms with Crippen molar-refractivity contribution in [2.75, 3.05) is 26.3 Å². The van der Waals surface area contributed by atoms with Gasteiger partial charge in [-0.2, -0.15) is 4.31 Å². The highest BCUT2D eigenvalue weighted by atomic mass is 32.2. The highest BCUT2D eigenvalue weighted by Crippen LogP contribution is 2.27. The van der Waals surface area contributed by atoms with E-state index in [9.17, 15) is 13.2 Å². The van der Waals surface area contributed by atoms with E-state index in [1.54, 1.807) is 13.8 Å². The van der Waals surface area contributed by atoms with E-state index < -0.39 is 10.0 Å². The lowest BCUT2D eigenvalue weighted by Crippen LogP contribution is -2.41. The second kappa shape index (κ2) is 8.10. The fourth-order valence-electron chi connectivity index (χ4n) is 3.94. The van der Waals surface area contributed by atoms with Crippen LogP contribution in [-0.2, 0) is 14.8 Å². The summed E-state index contributed by atoms with van der Waals surface area (Å²) in [6, 6.07) is 0.173. The molecule has 2 N–H and O–H groups in total. The SMILES string of the molecule is Cc1[nH]c(C(=O)NC2CCCCCC2)c(C)c1S(=O)(=O)N1CCOCC1. The molecule has 0 radical (unpaired) electrons. The van der Waals surface area contributed by atoms with Crippen LogP contribution in [0.5, 0.6) is 0 Å². The summed E-state index contributed by atoms with van der Waals surface area (Å²) < 4.78 is 32.7.